The lowest BCUT2D eigenvalue weighted by Gasteiger charge is -2.24. The molecule has 0 aliphatic heterocycles. The fraction of sp³-hybridized carbons (Fsp3) is 0.538. The van der Waals surface area contributed by atoms with Gasteiger partial charge in [-0.05, 0) is 43.9 Å². The van der Waals surface area contributed by atoms with Crippen LogP contribution in [-0.4, -0.2) is 12.4 Å². The van der Waals surface area contributed by atoms with E-state index in [9.17, 15) is 0 Å². The molecule has 0 atom stereocenters. The van der Waals surface area contributed by atoms with Gasteiger partial charge in [-0.15, -0.1) is 11.8 Å². The molecule has 0 radical (unpaired) electrons. The lowest BCUT2D eigenvalue weighted by Crippen LogP contribution is -2.13. The van der Waals surface area contributed by atoms with Crippen LogP contribution >= 0.6 is 11.8 Å². The molecule has 1 aliphatic carbocycles. The van der Waals surface area contributed by atoms with E-state index in [0.717, 1.165) is 22.3 Å². The summed E-state index contributed by atoms with van der Waals surface area (Å²) in [7, 11) is 0. The maximum absolute atomic E-state index is 5.95. The minimum absolute atomic E-state index is 0.705. The average Bonchev–Trinajstić information content (AvgIpc) is 2.21. The number of thioether (sulfide) groups is 1. The number of benzene rings is 1. The third-order valence-electron chi connectivity index (χ3n) is 3.00. The highest BCUT2D eigenvalue weighted by Crippen LogP contribution is 2.35. The van der Waals surface area contributed by atoms with Crippen molar-refractivity contribution >= 4 is 17.4 Å². The van der Waals surface area contributed by atoms with Crippen LogP contribution in [0.25, 0.3) is 0 Å². The summed E-state index contributed by atoms with van der Waals surface area (Å²) in [5, 5.41) is 0. The van der Waals surface area contributed by atoms with Crippen molar-refractivity contribution < 1.29 is 4.74 Å². The van der Waals surface area contributed by atoms with Crippen molar-refractivity contribution in [2.75, 3.05) is 18.1 Å². The molecular formula is C13H19NOS. The second-order valence-corrected chi connectivity index (χ2v) is 5.30. The predicted molar refractivity (Wildman–Crippen MR) is 70.1 cm³/mol. The van der Waals surface area contributed by atoms with Gasteiger partial charge >= 0.3 is 0 Å². The van der Waals surface area contributed by atoms with Gasteiger partial charge < -0.3 is 10.5 Å². The highest BCUT2D eigenvalue weighted by Gasteiger charge is 2.17. The first kappa shape index (κ1) is 11.6. The molecule has 1 aromatic rings. The van der Waals surface area contributed by atoms with E-state index in [1.165, 1.54) is 25.0 Å². The quantitative estimate of drug-likeness (QED) is 0.628. The molecule has 16 heavy (non-hydrogen) atoms. The Bertz CT molecular complexity index is 350. The number of anilines is 1. The van der Waals surface area contributed by atoms with Gasteiger partial charge in [-0.3, -0.25) is 0 Å². The highest BCUT2D eigenvalue weighted by molar-refractivity contribution is 7.99. The molecule has 1 aliphatic rings. The van der Waals surface area contributed by atoms with Crippen LogP contribution in [0.5, 0.6) is 5.75 Å². The zero-order valence-electron chi connectivity index (χ0n) is 9.74. The fourth-order valence-electron chi connectivity index (χ4n) is 1.76. The van der Waals surface area contributed by atoms with Crippen LogP contribution in [0.4, 0.5) is 5.69 Å². The van der Waals surface area contributed by atoms with Gasteiger partial charge in [0, 0.05) is 16.3 Å². The topological polar surface area (TPSA) is 35.2 Å². The summed E-state index contributed by atoms with van der Waals surface area (Å²) in [5.74, 6) is 3.02. The van der Waals surface area contributed by atoms with E-state index in [1.807, 2.05) is 30.8 Å². The highest BCUT2D eigenvalue weighted by atomic mass is 32.2. The minimum atomic E-state index is 0.705. The van der Waals surface area contributed by atoms with E-state index in [2.05, 4.69) is 6.07 Å². The summed E-state index contributed by atoms with van der Waals surface area (Å²) in [4.78, 5) is 1.16. The Balaban J connectivity index is 1.96. The Kier molecular flexibility index (Phi) is 3.99. The summed E-state index contributed by atoms with van der Waals surface area (Å²) in [5.41, 5.74) is 6.82. The van der Waals surface area contributed by atoms with Crippen molar-refractivity contribution in [3.8, 4) is 5.75 Å². The van der Waals surface area contributed by atoms with Gasteiger partial charge in [0.2, 0.25) is 0 Å². The van der Waals surface area contributed by atoms with E-state index in [0.29, 0.717) is 6.61 Å². The normalized spacial score (nSPS) is 15.8. The molecule has 0 aromatic heterocycles. The molecule has 88 valence electrons. The molecule has 2 nitrogen and oxygen atoms in total. The van der Waals surface area contributed by atoms with Crippen molar-refractivity contribution in [2.24, 2.45) is 5.92 Å². The lowest BCUT2D eigenvalue weighted by atomic mass is 9.87. The molecule has 0 spiro atoms. The summed E-state index contributed by atoms with van der Waals surface area (Å²) < 4.78 is 5.48. The Hall–Kier alpha value is -0.830. The largest absolute Gasteiger partial charge is 0.494 e. The van der Waals surface area contributed by atoms with Gasteiger partial charge in [0.1, 0.15) is 5.75 Å². The van der Waals surface area contributed by atoms with Crippen LogP contribution in [0, 0.1) is 5.92 Å². The van der Waals surface area contributed by atoms with Crippen LogP contribution in [0.2, 0.25) is 0 Å². The molecule has 0 saturated heterocycles. The van der Waals surface area contributed by atoms with Crippen molar-refractivity contribution in [3.63, 3.8) is 0 Å². The number of hydrogen-bond acceptors (Lipinski definition) is 3. The summed E-state index contributed by atoms with van der Waals surface area (Å²) in [6.07, 6.45) is 4.18. The monoisotopic (exact) mass is 237 g/mol. The molecule has 0 bridgehead atoms. The van der Waals surface area contributed by atoms with Crippen LogP contribution in [-0.2, 0) is 0 Å². The third-order valence-corrected chi connectivity index (χ3v) is 4.30. The van der Waals surface area contributed by atoms with Crippen LogP contribution in [0.3, 0.4) is 0 Å². The molecule has 1 saturated carbocycles. The minimum Gasteiger partial charge on any atom is -0.494 e. The van der Waals surface area contributed by atoms with Crippen molar-refractivity contribution in [1.82, 2.24) is 0 Å². The summed E-state index contributed by atoms with van der Waals surface area (Å²) >= 11 is 1.87. The van der Waals surface area contributed by atoms with E-state index in [4.69, 9.17) is 10.5 Å². The second kappa shape index (κ2) is 5.48. The third kappa shape index (κ3) is 2.85. The standard InChI is InChI=1S/C13H19NOS/c1-2-15-11-6-7-12(14)13(8-11)16-9-10-4-3-5-10/h6-8,10H,2-5,9,14H2,1H3. The van der Waals surface area contributed by atoms with E-state index in [1.54, 1.807) is 0 Å². The first-order valence-electron chi connectivity index (χ1n) is 5.94. The number of ether oxygens (including phenoxy) is 1. The fourth-order valence-corrected chi connectivity index (χ4v) is 2.95. The molecule has 0 heterocycles. The Labute approximate surface area is 102 Å². The summed E-state index contributed by atoms with van der Waals surface area (Å²) in [6, 6.07) is 5.93. The van der Waals surface area contributed by atoms with Gasteiger partial charge in [-0.25, -0.2) is 0 Å². The maximum atomic E-state index is 5.95. The zero-order chi connectivity index (χ0) is 11.4. The van der Waals surface area contributed by atoms with Gasteiger partial charge in [0.15, 0.2) is 0 Å². The van der Waals surface area contributed by atoms with Crippen LogP contribution in [0.15, 0.2) is 23.1 Å². The Morgan fingerprint density at radius 1 is 1.44 bits per heavy atom. The van der Waals surface area contributed by atoms with Crippen LogP contribution < -0.4 is 10.5 Å². The molecule has 1 aromatic carbocycles. The number of hydrogen-bond donors (Lipinski definition) is 1. The first-order chi connectivity index (χ1) is 7.79. The van der Waals surface area contributed by atoms with Gasteiger partial charge in [-0.2, -0.15) is 0 Å². The molecule has 2 rings (SSSR count). The number of nitrogens with two attached hydrogens (primary N) is 1. The van der Waals surface area contributed by atoms with E-state index >= 15 is 0 Å². The van der Waals surface area contributed by atoms with E-state index in [-0.39, 0.29) is 0 Å². The molecule has 2 N–H and O–H groups in total. The predicted octanol–water partition coefficient (Wildman–Crippen LogP) is 3.56. The smallest absolute Gasteiger partial charge is 0.120 e. The van der Waals surface area contributed by atoms with Gasteiger partial charge in [0.05, 0.1) is 6.61 Å². The Morgan fingerprint density at radius 3 is 2.88 bits per heavy atom. The summed E-state index contributed by atoms with van der Waals surface area (Å²) in [6.45, 7) is 2.70. The maximum Gasteiger partial charge on any atom is 0.120 e. The van der Waals surface area contributed by atoms with Crippen LogP contribution in [0.1, 0.15) is 26.2 Å². The second-order valence-electron chi connectivity index (χ2n) is 4.24. The van der Waals surface area contributed by atoms with Crippen molar-refractivity contribution in [3.05, 3.63) is 18.2 Å². The van der Waals surface area contributed by atoms with Gasteiger partial charge in [-0.1, -0.05) is 6.42 Å². The van der Waals surface area contributed by atoms with E-state index < -0.39 is 0 Å². The van der Waals surface area contributed by atoms with Gasteiger partial charge in [0.25, 0.3) is 0 Å². The Morgan fingerprint density at radius 2 is 2.25 bits per heavy atom. The molecular weight excluding hydrogens is 218 g/mol. The average molecular weight is 237 g/mol. The first-order valence-corrected chi connectivity index (χ1v) is 6.93. The molecule has 1 fully saturated rings. The number of nitrogen functional groups attached to an aromatic ring is 1. The molecule has 3 heteroatoms. The van der Waals surface area contributed by atoms with Crippen molar-refractivity contribution in [1.29, 1.82) is 0 Å². The lowest BCUT2D eigenvalue weighted by molar-refractivity contribution is 0.339. The van der Waals surface area contributed by atoms with Crippen molar-refractivity contribution in [2.45, 2.75) is 31.1 Å². The molecule has 0 amide bonds. The zero-order valence-corrected chi connectivity index (χ0v) is 10.6. The SMILES string of the molecule is CCOc1ccc(N)c(SCC2CCC2)c1. The molecule has 0 unspecified atom stereocenters. The number of rotatable bonds is 5.